The molecule has 1 aromatic rings. The highest BCUT2D eigenvalue weighted by molar-refractivity contribution is 6.52. The topological polar surface area (TPSA) is 40.6 Å². The zero-order chi connectivity index (χ0) is 14.1. The molecule has 106 valence electrons. The highest BCUT2D eigenvalue weighted by Crippen LogP contribution is 2.30. The minimum atomic E-state index is -0.383. The summed E-state index contributed by atoms with van der Waals surface area (Å²) >= 11 is 0. The van der Waals surface area contributed by atoms with E-state index >= 15 is 0 Å². The molecule has 2 aliphatic heterocycles. The van der Waals surface area contributed by atoms with Crippen LogP contribution < -0.4 is 4.90 Å². The van der Waals surface area contributed by atoms with Gasteiger partial charge in [-0.2, -0.15) is 0 Å². The second-order valence-corrected chi connectivity index (χ2v) is 5.59. The van der Waals surface area contributed by atoms with Gasteiger partial charge in [0.1, 0.15) is 0 Å². The number of hydrogen-bond acceptors (Lipinski definition) is 3. The van der Waals surface area contributed by atoms with Gasteiger partial charge in [-0.25, -0.2) is 0 Å². The highest BCUT2D eigenvalue weighted by atomic mass is 16.2. The Hall–Kier alpha value is -1.68. The van der Waals surface area contributed by atoms with Gasteiger partial charge in [0.05, 0.1) is 17.9 Å². The summed E-state index contributed by atoms with van der Waals surface area (Å²) in [4.78, 5) is 28.2. The standard InChI is InChI=1S/C16H20N2O2/c1-2-12-7-5-6-10-17(12)11-18-14-9-4-3-8-13(14)15(19)16(18)20/h3-4,8-9,12H,2,5-7,10-11H2,1H3. The molecule has 0 N–H and O–H groups in total. The van der Waals surface area contributed by atoms with Gasteiger partial charge in [-0.15, -0.1) is 0 Å². The van der Waals surface area contributed by atoms with Crippen LogP contribution in [0.5, 0.6) is 0 Å². The van der Waals surface area contributed by atoms with Crippen molar-refractivity contribution in [3.8, 4) is 0 Å². The number of piperidine rings is 1. The summed E-state index contributed by atoms with van der Waals surface area (Å²) in [6.45, 7) is 3.74. The number of Topliss-reactive ketones (excluding diaryl/α,β-unsaturated/α-hetero) is 1. The molecule has 1 unspecified atom stereocenters. The number of rotatable bonds is 3. The normalized spacial score (nSPS) is 23.2. The van der Waals surface area contributed by atoms with E-state index in [1.54, 1.807) is 11.0 Å². The van der Waals surface area contributed by atoms with E-state index in [4.69, 9.17) is 0 Å². The number of anilines is 1. The number of fused-ring (bicyclic) bond motifs is 1. The average Bonchev–Trinajstić information content (AvgIpc) is 2.73. The van der Waals surface area contributed by atoms with Crippen LogP contribution in [0.2, 0.25) is 0 Å². The Morgan fingerprint density at radius 2 is 2.00 bits per heavy atom. The van der Waals surface area contributed by atoms with E-state index in [9.17, 15) is 9.59 Å². The lowest BCUT2D eigenvalue weighted by molar-refractivity contribution is -0.114. The van der Waals surface area contributed by atoms with Crippen LogP contribution in [0.15, 0.2) is 24.3 Å². The number of nitrogens with zero attached hydrogens (tertiary/aromatic N) is 2. The number of carbonyl (C=O) groups excluding carboxylic acids is 2. The zero-order valence-corrected chi connectivity index (χ0v) is 11.8. The Morgan fingerprint density at radius 3 is 2.80 bits per heavy atom. The largest absolute Gasteiger partial charge is 0.300 e. The second-order valence-electron chi connectivity index (χ2n) is 5.59. The molecule has 0 saturated carbocycles. The minimum Gasteiger partial charge on any atom is -0.291 e. The molecule has 1 atom stereocenters. The van der Waals surface area contributed by atoms with Gasteiger partial charge in [0.2, 0.25) is 0 Å². The van der Waals surface area contributed by atoms with Gasteiger partial charge in [-0.1, -0.05) is 25.5 Å². The maximum atomic E-state index is 12.2. The predicted molar refractivity (Wildman–Crippen MR) is 77.8 cm³/mol. The first kappa shape index (κ1) is 13.3. The van der Waals surface area contributed by atoms with E-state index in [-0.39, 0.29) is 11.7 Å². The summed E-state index contributed by atoms with van der Waals surface area (Å²) in [5.41, 5.74) is 1.31. The molecule has 1 fully saturated rings. The molecule has 1 aromatic carbocycles. The Labute approximate surface area is 119 Å². The number of carbonyl (C=O) groups is 2. The van der Waals surface area contributed by atoms with Gasteiger partial charge >= 0.3 is 5.91 Å². The monoisotopic (exact) mass is 272 g/mol. The SMILES string of the molecule is CCC1CCCCN1CN1C(=O)C(=O)c2ccccc21. The molecule has 0 radical (unpaired) electrons. The predicted octanol–water partition coefficient (Wildman–Crippen LogP) is 2.44. The Balaban J connectivity index is 1.84. The third-order valence-electron chi connectivity index (χ3n) is 4.42. The maximum absolute atomic E-state index is 12.2. The van der Waals surface area contributed by atoms with Gasteiger partial charge in [-0.3, -0.25) is 19.4 Å². The van der Waals surface area contributed by atoms with Crippen molar-refractivity contribution in [1.29, 1.82) is 0 Å². The molecular weight excluding hydrogens is 252 g/mol. The molecule has 0 aromatic heterocycles. The van der Waals surface area contributed by atoms with E-state index in [0.717, 1.165) is 18.7 Å². The van der Waals surface area contributed by atoms with Crippen LogP contribution >= 0.6 is 0 Å². The number of amides is 1. The second kappa shape index (κ2) is 5.37. The van der Waals surface area contributed by atoms with Crippen molar-refractivity contribution in [3.05, 3.63) is 29.8 Å². The third kappa shape index (κ3) is 2.14. The van der Waals surface area contributed by atoms with Crippen LogP contribution in [-0.4, -0.2) is 35.8 Å². The fraction of sp³-hybridized carbons (Fsp3) is 0.500. The van der Waals surface area contributed by atoms with Crippen LogP contribution in [0.4, 0.5) is 5.69 Å². The van der Waals surface area contributed by atoms with Gasteiger partial charge < -0.3 is 0 Å². The van der Waals surface area contributed by atoms with Gasteiger partial charge in [-0.05, 0) is 31.4 Å². The van der Waals surface area contributed by atoms with Crippen molar-refractivity contribution in [1.82, 2.24) is 4.90 Å². The zero-order valence-electron chi connectivity index (χ0n) is 11.8. The van der Waals surface area contributed by atoms with Crippen molar-refractivity contribution in [2.45, 2.75) is 38.6 Å². The fourth-order valence-corrected chi connectivity index (χ4v) is 3.28. The smallest absolute Gasteiger partial charge is 0.291 e. The minimum absolute atomic E-state index is 0.370. The molecule has 3 rings (SSSR count). The van der Waals surface area contributed by atoms with E-state index in [1.165, 1.54) is 19.3 Å². The number of ketones is 1. The first-order valence-electron chi connectivity index (χ1n) is 7.41. The summed E-state index contributed by atoms with van der Waals surface area (Å²) in [6.07, 6.45) is 4.72. The Morgan fingerprint density at radius 1 is 1.20 bits per heavy atom. The molecule has 2 heterocycles. The van der Waals surface area contributed by atoms with Gasteiger partial charge in [0.25, 0.3) is 5.78 Å². The lowest BCUT2D eigenvalue weighted by Gasteiger charge is -2.37. The highest BCUT2D eigenvalue weighted by Gasteiger charge is 2.37. The van der Waals surface area contributed by atoms with Crippen molar-refractivity contribution < 1.29 is 9.59 Å². The van der Waals surface area contributed by atoms with E-state index in [1.807, 2.05) is 18.2 Å². The van der Waals surface area contributed by atoms with Crippen molar-refractivity contribution in [2.75, 3.05) is 18.1 Å². The molecule has 20 heavy (non-hydrogen) atoms. The molecular formula is C16H20N2O2. The van der Waals surface area contributed by atoms with Crippen LogP contribution in [0.3, 0.4) is 0 Å². The summed E-state index contributed by atoms with van der Waals surface area (Å²) in [7, 11) is 0. The van der Waals surface area contributed by atoms with Crippen molar-refractivity contribution in [2.24, 2.45) is 0 Å². The van der Waals surface area contributed by atoms with Crippen molar-refractivity contribution in [3.63, 3.8) is 0 Å². The quantitative estimate of drug-likeness (QED) is 0.794. The van der Waals surface area contributed by atoms with E-state index in [0.29, 0.717) is 18.3 Å². The summed E-state index contributed by atoms with van der Waals surface area (Å²) in [5, 5.41) is 0. The number of hydrogen-bond donors (Lipinski definition) is 0. The molecule has 0 aliphatic carbocycles. The Bertz CT molecular complexity index is 541. The van der Waals surface area contributed by atoms with Crippen LogP contribution in [0, 0.1) is 0 Å². The Kier molecular flexibility index (Phi) is 3.57. The van der Waals surface area contributed by atoms with Gasteiger partial charge in [0, 0.05) is 12.6 Å². The van der Waals surface area contributed by atoms with Crippen molar-refractivity contribution >= 4 is 17.4 Å². The molecule has 1 amide bonds. The van der Waals surface area contributed by atoms with Crippen LogP contribution in [0.1, 0.15) is 43.0 Å². The first-order chi connectivity index (χ1) is 9.72. The summed E-state index contributed by atoms with van der Waals surface area (Å²) in [6, 6.07) is 7.82. The van der Waals surface area contributed by atoms with E-state index < -0.39 is 0 Å². The number of para-hydroxylation sites is 1. The fourth-order valence-electron chi connectivity index (χ4n) is 3.28. The van der Waals surface area contributed by atoms with Crippen LogP contribution in [-0.2, 0) is 4.79 Å². The average molecular weight is 272 g/mol. The molecule has 1 saturated heterocycles. The number of benzene rings is 1. The molecule has 0 spiro atoms. The molecule has 4 heteroatoms. The lowest BCUT2D eigenvalue weighted by atomic mass is 10.0. The first-order valence-corrected chi connectivity index (χ1v) is 7.41. The summed E-state index contributed by atoms with van der Waals surface area (Å²) < 4.78 is 0. The molecule has 4 nitrogen and oxygen atoms in total. The molecule has 0 bridgehead atoms. The third-order valence-corrected chi connectivity index (χ3v) is 4.42. The summed E-state index contributed by atoms with van der Waals surface area (Å²) in [5.74, 6) is -0.753. The number of likely N-dealkylation sites (tertiary alicyclic amines) is 1. The lowest BCUT2D eigenvalue weighted by Crippen LogP contribution is -2.47. The van der Waals surface area contributed by atoms with Crippen LogP contribution in [0.25, 0.3) is 0 Å². The molecule has 2 aliphatic rings. The van der Waals surface area contributed by atoms with E-state index in [2.05, 4.69) is 11.8 Å². The van der Waals surface area contributed by atoms with Gasteiger partial charge in [0.15, 0.2) is 0 Å². The maximum Gasteiger partial charge on any atom is 0.300 e.